The van der Waals surface area contributed by atoms with Gasteiger partial charge in [-0.15, -0.1) is 0 Å². The van der Waals surface area contributed by atoms with Crippen LogP contribution in [0.15, 0.2) is 24.4 Å². The Balaban J connectivity index is 0.000000318. The van der Waals surface area contributed by atoms with Crippen LogP contribution >= 0.6 is 0 Å². The van der Waals surface area contributed by atoms with Gasteiger partial charge in [-0.2, -0.15) is 13.2 Å². The quantitative estimate of drug-likeness (QED) is 0.774. The van der Waals surface area contributed by atoms with Crippen LogP contribution in [0.4, 0.5) is 13.2 Å². The molecule has 166 valence electrons. The number of rotatable bonds is 3. The molecule has 3 aliphatic heterocycles. The molecule has 1 unspecified atom stereocenters. The maximum Gasteiger partial charge on any atom is 0.490 e. The number of alkyl halides is 3. The molecule has 11 heteroatoms. The van der Waals surface area contributed by atoms with Crippen LogP contribution < -0.4 is 0 Å². The zero-order chi connectivity index (χ0) is 21.7. The average molecular weight is 431 g/mol. The normalized spacial score (nSPS) is 26.6. The number of ether oxygens (including phenoxy) is 2. The van der Waals surface area contributed by atoms with Crippen molar-refractivity contribution in [2.75, 3.05) is 39.4 Å². The van der Waals surface area contributed by atoms with Crippen molar-refractivity contribution < 1.29 is 37.3 Å². The summed E-state index contributed by atoms with van der Waals surface area (Å²) in [4.78, 5) is 30.0. The van der Waals surface area contributed by atoms with Gasteiger partial charge in [-0.3, -0.25) is 14.7 Å². The number of carbonyl (C=O) groups is 2. The molecule has 3 aliphatic rings. The fourth-order valence-corrected chi connectivity index (χ4v) is 3.85. The molecule has 3 saturated heterocycles. The molecule has 0 saturated carbocycles. The number of hydrogen-bond acceptors (Lipinski definition) is 6. The SMILES string of the molecule is O=C(O)C(F)(F)F.O=C(c1ccccn1)N1C[C@@H]2OCCN(CC3CCCO3)[C@@H]2C1. The number of aliphatic carboxylic acids is 1. The van der Waals surface area contributed by atoms with Crippen molar-refractivity contribution in [3.05, 3.63) is 30.1 Å². The fourth-order valence-electron chi connectivity index (χ4n) is 3.85. The summed E-state index contributed by atoms with van der Waals surface area (Å²) in [6.45, 7) is 4.87. The van der Waals surface area contributed by atoms with E-state index < -0.39 is 12.1 Å². The highest BCUT2D eigenvalue weighted by Crippen LogP contribution is 2.26. The van der Waals surface area contributed by atoms with Gasteiger partial charge in [0.2, 0.25) is 0 Å². The monoisotopic (exact) mass is 431 g/mol. The summed E-state index contributed by atoms with van der Waals surface area (Å²) < 4.78 is 43.4. The first kappa shape index (κ1) is 22.4. The van der Waals surface area contributed by atoms with Crippen LogP contribution in [0.1, 0.15) is 23.3 Å². The molecule has 1 aromatic heterocycles. The predicted molar refractivity (Wildman–Crippen MR) is 97.9 cm³/mol. The minimum atomic E-state index is -5.08. The number of fused-ring (bicyclic) bond motifs is 1. The average Bonchev–Trinajstić information content (AvgIpc) is 3.38. The zero-order valence-electron chi connectivity index (χ0n) is 16.3. The van der Waals surface area contributed by atoms with E-state index in [2.05, 4.69) is 9.88 Å². The van der Waals surface area contributed by atoms with Crippen LogP contribution in [-0.2, 0) is 14.3 Å². The van der Waals surface area contributed by atoms with Gasteiger partial charge in [0.05, 0.1) is 24.9 Å². The molecule has 0 radical (unpaired) electrons. The second-order valence-electron chi connectivity index (χ2n) is 7.33. The lowest BCUT2D eigenvalue weighted by Crippen LogP contribution is -2.52. The van der Waals surface area contributed by atoms with Crippen LogP contribution in [0.3, 0.4) is 0 Å². The number of halogens is 3. The fraction of sp³-hybridized carbons (Fsp3) is 0.632. The van der Waals surface area contributed by atoms with E-state index in [0.717, 1.165) is 39.1 Å². The van der Waals surface area contributed by atoms with Gasteiger partial charge in [0.1, 0.15) is 5.69 Å². The summed E-state index contributed by atoms with van der Waals surface area (Å²) in [5, 5.41) is 7.12. The van der Waals surface area contributed by atoms with Crippen molar-refractivity contribution in [3.8, 4) is 0 Å². The minimum absolute atomic E-state index is 0.000617. The van der Waals surface area contributed by atoms with Crippen LogP contribution in [0.5, 0.6) is 0 Å². The largest absolute Gasteiger partial charge is 0.490 e. The Hall–Kier alpha value is -2.24. The summed E-state index contributed by atoms with van der Waals surface area (Å²) in [5.74, 6) is -2.76. The number of likely N-dealkylation sites (tertiary alicyclic amines) is 1. The third kappa shape index (κ3) is 5.67. The van der Waals surface area contributed by atoms with Gasteiger partial charge in [0.15, 0.2) is 0 Å². The lowest BCUT2D eigenvalue weighted by Gasteiger charge is -2.37. The summed E-state index contributed by atoms with van der Waals surface area (Å²) in [6.07, 6.45) is -0.665. The Kier molecular flexibility index (Phi) is 7.27. The van der Waals surface area contributed by atoms with Gasteiger partial charge >= 0.3 is 12.1 Å². The maximum absolute atomic E-state index is 12.6. The molecule has 3 atom stereocenters. The summed E-state index contributed by atoms with van der Waals surface area (Å²) in [6, 6.07) is 5.73. The van der Waals surface area contributed by atoms with Gasteiger partial charge in [-0.05, 0) is 25.0 Å². The molecule has 1 amide bonds. The molecule has 4 rings (SSSR count). The number of amides is 1. The Labute approximate surface area is 171 Å². The summed E-state index contributed by atoms with van der Waals surface area (Å²) in [7, 11) is 0. The third-order valence-corrected chi connectivity index (χ3v) is 5.29. The smallest absolute Gasteiger partial charge is 0.475 e. The van der Waals surface area contributed by atoms with Crippen LogP contribution in [0.2, 0.25) is 0 Å². The molecular formula is C19H24F3N3O5. The second-order valence-corrected chi connectivity index (χ2v) is 7.33. The highest BCUT2D eigenvalue weighted by Gasteiger charge is 2.43. The first-order valence-corrected chi connectivity index (χ1v) is 9.73. The Morgan fingerprint density at radius 3 is 2.57 bits per heavy atom. The molecule has 0 aromatic carbocycles. The topological polar surface area (TPSA) is 92.2 Å². The molecule has 30 heavy (non-hydrogen) atoms. The Bertz CT molecular complexity index is 728. The van der Waals surface area contributed by atoms with E-state index >= 15 is 0 Å². The number of carbonyl (C=O) groups excluding carboxylic acids is 1. The van der Waals surface area contributed by atoms with Crippen molar-refractivity contribution in [1.29, 1.82) is 0 Å². The Morgan fingerprint density at radius 2 is 1.97 bits per heavy atom. The first-order chi connectivity index (χ1) is 14.3. The predicted octanol–water partition coefficient (Wildman–Crippen LogP) is 1.42. The van der Waals surface area contributed by atoms with Crippen LogP contribution in [0, 0.1) is 0 Å². The van der Waals surface area contributed by atoms with E-state index in [4.69, 9.17) is 19.4 Å². The van der Waals surface area contributed by atoms with Crippen molar-refractivity contribution in [1.82, 2.24) is 14.8 Å². The lowest BCUT2D eigenvalue weighted by molar-refractivity contribution is -0.192. The van der Waals surface area contributed by atoms with Crippen LogP contribution in [-0.4, -0.2) is 95.6 Å². The number of pyridine rings is 1. The molecule has 8 nitrogen and oxygen atoms in total. The maximum atomic E-state index is 12.6. The van der Waals surface area contributed by atoms with E-state index in [1.54, 1.807) is 12.3 Å². The van der Waals surface area contributed by atoms with E-state index in [-0.39, 0.29) is 18.1 Å². The Morgan fingerprint density at radius 1 is 1.20 bits per heavy atom. The highest BCUT2D eigenvalue weighted by molar-refractivity contribution is 5.92. The van der Waals surface area contributed by atoms with E-state index in [1.165, 1.54) is 0 Å². The van der Waals surface area contributed by atoms with Crippen molar-refractivity contribution in [3.63, 3.8) is 0 Å². The number of carboxylic acids is 1. The number of hydrogen-bond donors (Lipinski definition) is 1. The minimum Gasteiger partial charge on any atom is -0.475 e. The van der Waals surface area contributed by atoms with Gasteiger partial charge in [0, 0.05) is 39.0 Å². The standard InChI is InChI=1S/C17H23N3O3.C2HF3O2/c21-17(14-5-1-2-6-18-14)20-11-15-16(12-20)23-9-7-19(15)10-13-4-3-8-22-13;3-2(4,5)1(6)7/h1-2,5-6,13,15-16H,3-4,7-12H2;(H,6,7)/t13?,15-,16+;/m1./s1. The van der Waals surface area contributed by atoms with Crippen molar-refractivity contribution in [2.24, 2.45) is 0 Å². The molecule has 0 spiro atoms. The van der Waals surface area contributed by atoms with Gasteiger partial charge < -0.3 is 19.5 Å². The molecule has 3 fully saturated rings. The van der Waals surface area contributed by atoms with Gasteiger partial charge in [-0.25, -0.2) is 4.79 Å². The van der Waals surface area contributed by atoms with Gasteiger partial charge in [-0.1, -0.05) is 6.07 Å². The molecule has 0 aliphatic carbocycles. The van der Waals surface area contributed by atoms with Crippen LogP contribution in [0.25, 0.3) is 0 Å². The van der Waals surface area contributed by atoms with Crippen molar-refractivity contribution >= 4 is 11.9 Å². The summed E-state index contributed by atoms with van der Waals surface area (Å²) in [5.41, 5.74) is 0.511. The lowest BCUT2D eigenvalue weighted by atomic mass is 10.1. The number of carboxylic acid groups (broad SMARTS) is 1. The van der Waals surface area contributed by atoms with E-state index in [1.807, 2.05) is 17.0 Å². The second kappa shape index (κ2) is 9.71. The van der Waals surface area contributed by atoms with Crippen molar-refractivity contribution in [2.45, 2.75) is 37.3 Å². The summed E-state index contributed by atoms with van der Waals surface area (Å²) >= 11 is 0. The van der Waals surface area contributed by atoms with E-state index in [0.29, 0.717) is 24.9 Å². The number of nitrogens with zero attached hydrogens (tertiary/aromatic N) is 3. The van der Waals surface area contributed by atoms with E-state index in [9.17, 15) is 18.0 Å². The number of aromatic nitrogens is 1. The van der Waals surface area contributed by atoms with Gasteiger partial charge in [0.25, 0.3) is 5.91 Å². The molecule has 1 N–H and O–H groups in total. The molecular weight excluding hydrogens is 407 g/mol. The first-order valence-electron chi connectivity index (χ1n) is 9.73. The zero-order valence-corrected chi connectivity index (χ0v) is 16.3. The number of morpholine rings is 1. The molecule has 1 aromatic rings. The molecule has 0 bridgehead atoms. The third-order valence-electron chi connectivity index (χ3n) is 5.29. The highest BCUT2D eigenvalue weighted by atomic mass is 19.4. The molecule has 4 heterocycles.